The van der Waals surface area contributed by atoms with Crippen molar-refractivity contribution in [3.63, 3.8) is 0 Å². The first-order valence-corrected chi connectivity index (χ1v) is 8.74. The predicted octanol–water partition coefficient (Wildman–Crippen LogP) is 2.92. The van der Waals surface area contributed by atoms with E-state index in [4.69, 9.17) is 16.3 Å². The molecule has 142 valence electrons. The smallest absolute Gasteiger partial charge is 0.276 e. The van der Waals surface area contributed by atoms with Gasteiger partial charge in [-0.25, -0.2) is 0 Å². The number of hydrazine groups is 1. The van der Waals surface area contributed by atoms with Crippen LogP contribution in [0.2, 0.25) is 5.02 Å². The maximum absolute atomic E-state index is 12.0. The summed E-state index contributed by atoms with van der Waals surface area (Å²) in [5.41, 5.74) is 5.48. The highest BCUT2D eigenvalue weighted by Crippen LogP contribution is 2.22. The molecule has 0 saturated heterocycles. The van der Waals surface area contributed by atoms with Crippen molar-refractivity contribution < 1.29 is 19.1 Å². The first kappa shape index (κ1) is 20.3. The molecular weight excluding hydrogens is 370 g/mol. The van der Waals surface area contributed by atoms with Crippen molar-refractivity contribution in [3.8, 4) is 5.75 Å². The van der Waals surface area contributed by atoms with Gasteiger partial charge in [0.25, 0.3) is 11.8 Å². The average molecular weight is 390 g/mol. The highest BCUT2D eigenvalue weighted by atomic mass is 35.5. The number of benzene rings is 2. The van der Waals surface area contributed by atoms with E-state index in [0.717, 1.165) is 6.42 Å². The number of ether oxygens (including phenoxy) is 1. The van der Waals surface area contributed by atoms with Gasteiger partial charge < -0.3 is 10.1 Å². The second-order valence-corrected chi connectivity index (χ2v) is 6.00. The first-order chi connectivity index (χ1) is 13.0. The van der Waals surface area contributed by atoms with Crippen molar-refractivity contribution in [2.24, 2.45) is 0 Å². The van der Waals surface area contributed by atoms with E-state index in [9.17, 15) is 14.4 Å². The van der Waals surface area contributed by atoms with Crippen LogP contribution in [-0.4, -0.2) is 24.3 Å². The monoisotopic (exact) mass is 389 g/mol. The average Bonchev–Trinajstić information content (AvgIpc) is 2.66. The van der Waals surface area contributed by atoms with Crippen LogP contribution in [-0.2, 0) is 9.59 Å². The van der Waals surface area contributed by atoms with E-state index in [1.807, 2.05) is 6.92 Å². The molecule has 0 aromatic heterocycles. The SMILES string of the molecule is CCCC(=O)Nc1ccc(C(=O)NNC(=O)COc2ccccc2Cl)cc1. The summed E-state index contributed by atoms with van der Waals surface area (Å²) in [4.78, 5) is 35.3. The van der Waals surface area contributed by atoms with Crippen LogP contribution < -0.4 is 20.9 Å². The van der Waals surface area contributed by atoms with Gasteiger partial charge in [-0.2, -0.15) is 0 Å². The lowest BCUT2D eigenvalue weighted by Crippen LogP contribution is -2.43. The Bertz CT molecular complexity index is 809. The summed E-state index contributed by atoms with van der Waals surface area (Å²) < 4.78 is 5.27. The number of carbonyl (C=O) groups excluding carboxylic acids is 3. The standard InChI is InChI=1S/C19H20ClN3O4/c1-2-5-17(24)21-14-10-8-13(9-11-14)19(26)23-22-18(25)12-27-16-7-4-3-6-15(16)20/h3-4,6-11H,2,5,12H2,1H3,(H,21,24)(H,22,25)(H,23,26). The van der Waals surface area contributed by atoms with E-state index in [1.54, 1.807) is 48.5 Å². The van der Waals surface area contributed by atoms with Crippen LogP contribution in [0.25, 0.3) is 0 Å². The summed E-state index contributed by atoms with van der Waals surface area (Å²) in [5.74, 6) is -0.735. The summed E-state index contributed by atoms with van der Waals surface area (Å²) in [6, 6.07) is 13.1. The van der Waals surface area contributed by atoms with Crippen LogP contribution in [0.4, 0.5) is 5.69 Å². The number of amides is 3. The Morgan fingerprint density at radius 1 is 0.963 bits per heavy atom. The van der Waals surface area contributed by atoms with Gasteiger partial charge in [0.15, 0.2) is 6.61 Å². The Morgan fingerprint density at radius 3 is 2.33 bits per heavy atom. The van der Waals surface area contributed by atoms with Crippen LogP contribution in [0.3, 0.4) is 0 Å². The van der Waals surface area contributed by atoms with Crippen LogP contribution in [0.15, 0.2) is 48.5 Å². The Hall–Kier alpha value is -3.06. The van der Waals surface area contributed by atoms with Gasteiger partial charge in [-0.1, -0.05) is 30.7 Å². The zero-order chi connectivity index (χ0) is 19.6. The van der Waals surface area contributed by atoms with Gasteiger partial charge in [0.2, 0.25) is 5.91 Å². The summed E-state index contributed by atoms with van der Waals surface area (Å²) >= 11 is 5.92. The third kappa shape index (κ3) is 6.63. The molecule has 3 amide bonds. The van der Waals surface area contributed by atoms with Crippen LogP contribution >= 0.6 is 11.6 Å². The van der Waals surface area contributed by atoms with Gasteiger partial charge >= 0.3 is 0 Å². The number of para-hydroxylation sites is 1. The molecule has 0 aliphatic carbocycles. The number of halogens is 1. The van der Waals surface area contributed by atoms with E-state index in [0.29, 0.717) is 28.4 Å². The van der Waals surface area contributed by atoms with E-state index in [2.05, 4.69) is 16.2 Å². The van der Waals surface area contributed by atoms with E-state index < -0.39 is 11.8 Å². The molecule has 2 aromatic rings. The maximum atomic E-state index is 12.0. The molecule has 3 N–H and O–H groups in total. The normalized spacial score (nSPS) is 10.0. The first-order valence-electron chi connectivity index (χ1n) is 8.36. The van der Waals surface area contributed by atoms with E-state index >= 15 is 0 Å². The topological polar surface area (TPSA) is 96.5 Å². The van der Waals surface area contributed by atoms with Crippen molar-refractivity contribution >= 4 is 35.0 Å². The third-order valence-corrected chi connectivity index (χ3v) is 3.73. The lowest BCUT2D eigenvalue weighted by Gasteiger charge is -2.10. The highest BCUT2D eigenvalue weighted by molar-refractivity contribution is 6.32. The minimum atomic E-state index is -0.535. The molecule has 0 heterocycles. The molecule has 0 spiro atoms. The number of rotatable bonds is 7. The summed E-state index contributed by atoms with van der Waals surface area (Å²) in [6.07, 6.45) is 1.19. The number of hydrogen-bond donors (Lipinski definition) is 3. The zero-order valence-corrected chi connectivity index (χ0v) is 15.5. The molecule has 0 fully saturated rings. The molecular formula is C19H20ClN3O4. The lowest BCUT2D eigenvalue weighted by molar-refractivity contribution is -0.123. The van der Waals surface area contributed by atoms with Crippen molar-refractivity contribution in [2.75, 3.05) is 11.9 Å². The molecule has 0 saturated carbocycles. The molecule has 27 heavy (non-hydrogen) atoms. The molecule has 2 aromatic carbocycles. The Balaban J connectivity index is 1.78. The Kier molecular flexibility index (Phi) is 7.63. The van der Waals surface area contributed by atoms with Crippen molar-refractivity contribution in [2.45, 2.75) is 19.8 Å². The van der Waals surface area contributed by atoms with Gasteiger partial charge in [-0.3, -0.25) is 25.2 Å². The minimum absolute atomic E-state index is 0.0829. The van der Waals surface area contributed by atoms with Gasteiger partial charge in [0.1, 0.15) is 5.75 Å². The largest absolute Gasteiger partial charge is 0.482 e. The molecule has 0 unspecified atom stereocenters. The minimum Gasteiger partial charge on any atom is -0.482 e. The third-order valence-electron chi connectivity index (χ3n) is 3.42. The zero-order valence-electron chi connectivity index (χ0n) is 14.8. The number of carbonyl (C=O) groups is 3. The summed E-state index contributed by atoms with van der Waals surface area (Å²) in [7, 11) is 0. The molecule has 8 heteroatoms. The fourth-order valence-corrected chi connectivity index (χ4v) is 2.29. The predicted molar refractivity (Wildman–Crippen MR) is 103 cm³/mol. The summed E-state index contributed by atoms with van der Waals surface area (Å²) in [5, 5.41) is 3.12. The van der Waals surface area contributed by atoms with Gasteiger partial charge in [-0.05, 0) is 42.8 Å². The molecule has 0 aliphatic heterocycles. The number of hydrogen-bond acceptors (Lipinski definition) is 4. The van der Waals surface area contributed by atoms with Gasteiger partial charge in [-0.15, -0.1) is 0 Å². The highest BCUT2D eigenvalue weighted by Gasteiger charge is 2.09. The molecule has 0 aliphatic rings. The lowest BCUT2D eigenvalue weighted by atomic mass is 10.2. The quantitative estimate of drug-likeness (QED) is 0.634. The van der Waals surface area contributed by atoms with Gasteiger partial charge in [0, 0.05) is 17.7 Å². The van der Waals surface area contributed by atoms with Crippen molar-refractivity contribution in [1.29, 1.82) is 0 Å². The Labute approximate surface area is 162 Å². The van der Waals surface area contributed by atoms with Crippen LogP contribution in [0.1, 0.15) is 30.1 Å². The molecule has 7 nitrogen and oxygen atoms in total. The second kappa shape index (κ2) is 10.2. The van der Waals surface area contributed by atoms with Crippen LogP contribution in [0.5, 0.6) is 5.75 Å². The van der Waals surface area contributed by atoms with E-state index in [-0.39, 0.29) is 12.5 Å². The second-order valence-electron chi connectivity index (χ2n) is 5.60. The van der Waals surface area contributed by atoms with Crippen molar-refractivity contribution in [3.05, 3.63) is 59.1 Å². The fourth-order valence-electron chi connectivity index (χ4n) is 2.10. The molecule has 0 atom stereocenters. The summed E-state index contributed by atoms with van der Waals surface area (Å²) in [6.45, 7) is 1.62. The van der Waals surface area contributed by atoms with Gasteiger partial charge in [0.05, 0.1) is 5.02 Å². The van der Waals surface area contributed by atoms with Crippen molar-refractivity contribution in [1.82, 2.24) is 10.9 Å². The Morgan fingerprint density at radius 2 is 1.67 bits per heavy atom. The fraction of sp³-hybridized carbons (Fsp3) is 0.211. The van der Waals surface area contributed by atoms with Crippen LogP contribution in [0, 0.1) is 0 Å². The molecule has 2 rings (SSSR count). The molecule has 0 radical (unpaired) electrons. The number of anilines is 1. The maximum Gasteiger partial charge on any atom is 0.276 e. The molecule has 0 bridgehead atoms. The van der Waals surface area contributed by atoms with E-state index in [1.165, 1.54) is 0 Å². The number of nitrogens with one attached hydrogen (secondary N) is 3.